The molecule has 0 fully saturated rings. The molecule has 0 saturated carbocycles. The van der Waals surface area contributed by atoms with E-state index in [2.05, 4.69) is 5.32 Å². The van der Waals surface area contributed by atoms with Gasteiger partial charge in [0, 0.05) is 13.0 Å². The summed E-state index contributed by atoms with van der Waals surface area (Å²) in [4.78, 5) is 38.0. The van der Waals surface area contributed by atoms with E-state index in [0.29, 0.717) is 37.1 Å². The van der Waals surface area contributed by atoms with Gasteiger partial charge in [0.1, 0.15) is 0 Å². The fraction of sp³-hybridized carbons (Fsp3) is 0.250. The van der Waals surface area contributed by atoms with Gasteiger partial charge in [-0.1, -0.05) is 41.8 Å². The van der Waals surface area contributed by atoms with E-state index in [0.717, 1.165) is 0 Å². The number of halogens is 2. The minimum atomic E-state index is -0.365. The number of nitrogens with zero attached hydrogens (tertiary/aromatic N) is 1. The molecule has 2 aromatic carbocycles. The minimum absolute atomic E-state index is 0.122. The third-order valence-corrected chi connectivity index (χ3v) is 5.25. The van der Waals surface area contributed by atoms with Gasteiger partial charge in [0.05, 0.1) is 32.5 Å². The van der Waals surface area contributed by atoms with Gasteiger partial charge in [-0.25, -0.2) is 0 Å². The highest BCUT2D eigenvalue weighted by Gasteiger charge is 2.35. The SMILES string of the molecule is Nc1ccccc1NC(=O)CCCCCN1C(=O)c2cc(Cl)c(Cl)cc2C1=O. The van der Waals surface area contributed by atoms with Crippen LogP contribution in [0, 0.1) is 0 Å². The molecule has 0 bridgehead atoms. The Morgan fingerprint density at radius 3 is 2.18 bits per heavy atom. The number of nitrogen functional groups attached to an aromatic ring is 1. The predicted molar refractivity (Wildman–Crippen MR) is 110 cm³/mol. The molecule has 3 rings (SSSR count). The number of amides is 3. The molecule has 1 aliphatic rings. The monoisotopic (exact) mass is 419 g/mol. The number of imide groups is 1. The Bertz CT molecular complexity index is 905. The van der Waals surface area contributed by atoms with Crippen LogP contribution in [0.3, 0.4) is 0 Å². The van der Waals surface area contributed by atoms with Crippen LogP contribution in [-0.2, 0) is 4.79 Å². The number of unbranched alkanes of at least 4 members (excludes halogenated alkanes) is 2. The molecule has 0 aromatic heterocycles. The van der Waals surface area contributed by atoms with Gasteiger partial charge >= 0.3 is 0 Å². The van der Waals surface area contributed by atoms with Crippen LogP contribution in [0.2, 0.25) is 10.0 Å². The van der Waals surface area contributed by atoms with Crippen LogP contribution in [0.1, 0.15) is 46.4 Å². The number of carbonyl (C=O) groups excluding carboxylic acids is 3. The van der Waals surface area contributed by atoms with E-state index < -0.39 is 0 Å². The van der Waals surface area contributed by atoms with Crippen molar-refractivity contribution in [3.05, 3.63) is 57.6 Å². The second kappa shape index (κ2) is 8.63. The van der Waals surface area contributed by atoms with Gasteiger partial charge in [-0.15, -0.1) is 0 Å². The number of hydrogen-bond acceptors (Lipinski definition) is 4. The zero-order chi connectivity index (χ0) is 20.3. The molecule has 0 unspecified atom stereocenters. The Hall–Kier alpha value is -2.57. The molecule has 3 N–H and O–H groups in total. The van der Waals surface area contributed by atoms with Crippen molar-refractivity contribution in [2.24, 2.45) is 0 Å². The summed E-state index contributed by atoms with van der Waals surface area (Å²) in [5.41, 5.74) is 7.46. The van der Waals surface area contributed by atoms with E-state index in [1.165, 1.54) is 17.0 Å². The fourth-order valence-electron chi connectivity index (χ4n) is 3.04. The zero-order valence-electron chi connectivity index (χ0n) is 15.0. The Kier molecular flexibility index (Phi) is 6.21. The normalized spacial score (nSPS) is 13.0. The maximum atomic E-state index is 12.4. The molecule has 0 atom stereocenters. The number of para-hydroxylation sites is 2. The Balaban J connectivity index is 1.45. The van der Waals surface area contributed by atoms with Crippen LogP contribution in [-0.4, -0.2) is 29.2 Å². The maximum Gasteiger partial charge on any atom is 0.261 e. The van der Waals surface area contributed by atoms with Crippen molar-refractivity contribution in [1.82, 2.24) is 4.90 Å². The highest BCUT2D eigenvalue weighted by atomic mass is 35.5. The second-order valence-corrected chi connectivity index (χ2v) is 7.33. The Labute approximate surface area is 172 Å². The van der Waals surface area contributed by atoms with Crippen LogP contribution in [0.25, 0.3) is 0 Å². The van der Waals surface area contributed by atoms with E-state index in [4.69, 9.17) is 28.9 Å². The zero-order valence-corrected chi connectivity index (χ0v) is 16.5. The number of anilines is 2. The van der Waals surface area contributed by atoms with Crippen molar-refractivity contribution in [3.63, 3.8) is 0 Å². The fourth-order valence-corrected chi connectivity index (χ4v) is 3.37. The van der Waals surface area contributed by atoms with E-state index in [-0.39, 0.29) is 45.4 Å². The van der Waals surface area contributed by atoms with E-state index in [1.54, 1.807) is 24.3 Å². The third-order valence-electron chi connectivity index (χ3n) is 4.53. The molecule has 3 amide bonds. The first kappa shape index (κ1) is 20.2. The third kappa shape index (κ3) is 4.29. The molecule has 1 aliphatic heterocycles. The largest absolute Gasteiger partial charge is 0.397 e. The van der Waals surface area contributed by atoms with Crippen molar-refractivity contribution >= 4 is 52.3 Å². The minimum Gasteiger partial charge on any atom is -0.397 e. The molecular weight excluding hydrogens is 401 g/mol. The van der Waals surface area contributed by atoms with Gasteiger partial charge in [-0.2, -0.15) is 0 Å². The number of carbonyl (C=O) groups is 3. The number of hydrogen-bond donors (Lipinski definition) is 2. The van der Waals surface area contributed by atoms with Gasteiger partial charge in [0.25, 0.3) is 11.8 Å². The number of fused-ring (bicyclic) bond motifs is 1. The van der Waals surface area contributed by atoms with Gasteiger partial charge in [0.2, 0.25) is 5.91 Å². The van der Waals surface area contributed by atoms with Gasteiger partial charge < -0.3 is 11.1 Å². The lowest BCUT2D eigenvalue weighted by Gasteiger charge is -2.13. The number of nitrogens with two attached hydrogens (primary N) is 1. The molecule has 8 heteroatoms. The standard InChI is InChI=1S/C20H19Cl2N3O3/c21-14-10-12-13(11-15(14)22)20(28)25(19(12)27)9-5-1-2-8-18(26)24-17-7-4-3-6-16(17)23/h3-4,6-7,10-11H,1-2,5,8-9,23H2,(H,24,26). The molecule has 28 heavy (non-hydrogen) atoms. The van der Waals surface area contributed by atoms with Gasteiger partial charge in [-0.05, 0) is 37.1 Å². The summed E-state index contributed by atoms with van der Waals surface area (Å²) in [5, 5.41) is 3.26. The van der Waals surface area contributed by atoms with Crippen molar-refractivity contribution in [1.29, 1.82) is 0 Å². The van der Waals surface area contributed by atoms with Crippen molar-refractivity contribution in [2.75, 3.05) is 17.6 Å². The lowest BCUT2D eigenvalue weighted by molar-refractivity contribution is -0.116. The molecule has 2 aromatic rings. The van der Waals surface area contributed by atoms with Crippen LogP contribution in [0.15, 0.2) is 36.4 Å². The smallest absolute Gasteiger partial charge is 0.261 e. The van der Waals surface area contributed by atoms with Crippen molar-refractivity contribution < 1.29 is 14.4 Å². The molecule has 1 heterocycles. The molecule has 0 saturated heterocycles. The number of benzene rings is 2. The summed E-state index contributed by atoms with van der Waals surface area (Å²) < 4.78 is 0. The highest BCUT2D eigenvalue weighted by molar-refractivity contribution is 6.43. The van der Waals surface area contributed by atoms with E-state index in [1.807, 2.05) is 0 Å². The van der Waals surface area contributed by atoms with E-state index >= 15 is 0 Å². The first-order valence-corrected chi connectivity index (χ1v) is 9.63. The molecule has 0 spiro atoms. The van der Waals surface area contributed by atoms with E-state index in [9.17, 15) is 14.4 Å². The number of rotatable bonds is 7. The molecule has 6 nitrogen and oxygen atoms in total. The topological polar surface area (TPSA) is 92.5 Å². The lowest BCUT2D eigenvalue weighted by Crippen LogP contribution is -2.30. The van der Waals surface area contributed by atoms with Gasteiger partial charge in [0.15, 0.2) is 0 Å². The summed E-state index contributed by atoms with van der Waals surface area (Å²) in [7, 11) is 0. The number of nitrogens with one attached hydrogen (secondary N) is 1. The summed E-state index contributed by atoms with van der Waals surface area (Å²) in [5.74, 6) is -0.852. The van der Waals surface area contributed by atoms with Crippen LogP contribution in [0.4, 0.5) is 11.4 Å². The predicted octanol–water partition coefficient (Wildman–Crippen LogP) is 4.37. The second-order valence-electron chi connectivity index (χ2n) is 6.52. The Morgan fingerprint density at radius 2 is 1.57 bits per heavy atom. The first-order valence-electron chi connectivity index (χ1n) is 8.88. The average Bonchev–Trinajstić information content (AvgIpc) is 2.88. The van der Waals surface area contributed by atoms with Crippen LogP contribution >= 0.6 is 23.2 Å². The molecule has 0 aliphatic carbocycles. The van der Waals surface area contributed by atoms with Crippen LogP contribution < -0.4 is 11.1 Å². The van der Waals surface area contributed by atoms with Gasteiger partial charge in [-0.3, -0.25) is 19.3 Å². The van der Waals surface area contributed by atoms with Crippen LogP contribution in [0.5, 0.6) is 0 Å². The molecular formula is C20H19Cl2N3O3. The summed E-state index contributed by atoms with van der Waals surface area (Å²) in [6, 6.07) is 9.92. The maximum absolute atomic E-state index is 12.4. The molecule has 0 radical (unpaired) electrons. The summed E-state index contributed by atoms with van der Waals surface area (Å²) in [6.45, 7) is 0.287. The summed E-state index contributed by atoms with van der Waals surface area (Å²) in [6.07, 6.45) is 2.28. The quantitative estimate of drug-likeness (QED) is 0.395. The Morgan fingerprint density at radius 1 is 0.964 bits per heavy atom. The summed E-state index contributed by atoms with van der Waals surface area (Å²) >= 11 is 11.9. The molecule has 146 valence electrons. The lowest BCUT2D eigenvalue weighted by atomic mass is 10.1. The van der Waals surface area contributed by atoms with Crippen molar-refractivity contribution in [2.45, 2.75) is 25.7 Å². The van der Waals surface area contributed by atoms with Crippen molar-refractivity contribution in [3.8, 4) is 0 Å². The first-order chi connectivity index (χ1) is 13.4. The highest BCUT2D eigenvalue weighted by Crippen LogP contribution is 2.31. The average molecular weight is 420 g/mol.